The monoisotopic (exact) mass is 1950 g/mol. The van der Waals surface area contributed by atoms with E-state index in [-0.39, 0.29) is 80.5 Å². The van der Waals surface area contributed by atoms with E-state index in [0.29, 0.717) is 80.2 Å². The molecule has 5 aliphatic heterocycles. The first-order valence-corrected chi connectivity index (χ1v) is 50.8. The van der Waals surface area contributed by atoms with Gasteiger partial charge in [0.2, 0.25) is 53.2 Å². The molecule has 0 unspecified atom stereocenters. The summed E-state index contributed by atoms with van der Waals surface area (Å²) >= 11 is 6.90. The smallest absolute Gasteiger partial charge is 0.409 e. The molecule has 0 radical (unpaired) electrons. The maximum Gasteiger partial charge on any atom is 0.409 e. The summed E-state index contributed by atoms with van der Waals surface area (Å²) in [7, 11) is 11.1. The van der Waals surface area contributed by atoms with Gasteiger partial charge >= 0.3 is 12.1 Å². The number of benzene rings is 4. The SMILES string of the molecule is COc1cc2cc(c1Cl)N(C)C(=O)C[C@H](OC(=O)[C@H](C)N(C)C(=O)CCSSCCCN1CCN(CC(=O)N[C@H](Cc3ccccc3)C(=O)N[C@H]3CSSC[C@@H](C(=O)N[C@H](CO)[C@@H](C)O)NC(=O)[C@H]([C@@H](C)O)NC(=O)[C@H](CCCCN)NC(=O)[C@@H](CC4=CCc5ccccc54)NC(=O)[C@H](Cc4ccccc4)CC3=O)CC1)[C@]1(C)O[C@H]1[C@H](C)[C@@H]1C[C@@](O)(NC(=O)O1)[C@H](OC)/C=C/C=C(\C)C2. The Kier molecular flexibility index (Phi) is 41.0. The zero-order valence-corrected chi connectivity index (χ0v) is 81.6. The summed E-state index contributed by atoms with van der Waals surface area (Å²) in [6.07, 6.45) is 1.06. The van der Waals surface area contributed by atoms with Crippen molar-refractivity contribution in [1.29, 1.82) is 0 Å². The Labute approximate surface area is 803 Å². The summed E-state index contributed by atoms with van der Waals surface area (Å²) in [5, 5.41) is 66.0. The number of nitrogens with zero attached hydrogens (tertiary/aromatic N) is 4. The van der Waals surface area contributed by atoms with Gasteiger partial charge in [0.15, 0.2) is 11.5 Å². The molecule has 4 fully saturated rings. The maximum absolute atomic E-state index is 15.5. The minimum atomic E-state index is -1.90. The number of epoxide rings is 1. The highest BCUT2D eigenvalue weighted by molar-refractivity contribution is 8.77. The number of Topliss-reactive ketones (excluding diaryl/α,β-unsaturated/α-hetero) is 1. The summed E-state index contributed by atoms with van der Waals surface area (Å²) in [6.45, 7) is 12.0. The number of rotatable bonds is 33. The fourth-order valence-electron chi connectivity index (χ4n) is 16.9. The van der Waals surface area contributed by atoms with Crippen LogP contribution in [0.15, 0.2) is 127 Å². The predicted octanol–water partition coefficient (Wildman–Crippen LogP) is 5.06. The zero-order valence-electron chi connectivity index (χ0n) is 77.6. The van der Waals surface area contributed by atoms with Gasteiger partial charge in [-0.1, -0.05) is 177 Å². The van der Waals surface area contributed by atoms with E-state index in [9.17, 15) is 58.8 Å². The molecule has 10 rings (SSSR count). The Morgan fingerprint density at radius 2 is 1.47 bits per heavy atom. The fourth-order valence-corrected chi connectivity index (χ4v) is 21.7. The quantitative estimate of drug-likeness (QED) is 0.0128. The second-order valence-corrected chi connectivity index (χ2v) is 40.9. The molecule has 134 heavy (non-hydrogen) atoms. The number of hydrogen-bond donors (Lipinski definition) is 13. The average Bonchev–Trinajstić information content (AvgIpc) is 1.57. The summed E-state index contributed by atoms with van der Waals surface area (Å²) in [5.41, 5.74) is 8.58. The number of amides is 10. The molecule has 0 aromatic heterocycles. The number of hydrogen-bond acceptors (Lipinski definition) is 28. The van der Waals surface area contributed by atoms with Gasteiger partial charge in [0.25, 0.3) is 0 Å². The number of unbranched alkanes of at least 4 members (excludes halogenated alkanes) is 1. The fraction of sp³-hybridized carbons (Fsp3) is 0.558. The molecule has 14 N–H and O–H groups in total. The maximum atomic E-state index is 15.5. The number of carbonyl (C=O) groups is 12. The topological polar surface area (TPSA) is 470 Å². The van der Waals surface area contributed by atoms with Gasteiger partial charge in [-0.3, -0.25) is 58.2 Å². The van der Waals surface area contributed by atoms with Crippen LogP contribution in [0, 0.1) is 11.8 Å². The van der Waals surface area contributed by atoms with Crippen LogP contribution in [0.4, 0.5) is 10.5 Å². The lowest BCUT2D eigenvalue weighted by Gasteiger charge is -2.42. The lowest BCUT2D eigenvalue weighted by molar-refractivity contribution is -0.162. The predicted molar refractivity (Wildman–Crippen MR) is 516 cm³/mol. The number of esters is 1. The minimum Gasteiger partial charge on any atom is -0.495 e. The Morgan fingerprint density at radius 1 is 0.799 bits per heavy atom. The van der Waals surface area contributed by atoms with Crippen LogP contribution in [-0.4, -0.2) is 306 Å². The van der Waals surface area contributed by atoms with E-state index in [2.05, 4.69) is 47.4 Å². The van der Waals surface area contributed by atoms with Crippen LogP contribution in [0.1, 0.15) is 127 Å². The molecule has 5 heterocycles. The number of carbonyl (C=O) groups excluding carboxylic acids is 12. The highest BCUT2D eigenvalue weighted by Crippen LogP contribution is 2.50. The summed E-state index contributed by atoms with van der Waals surface area (Å²) in [5.74, 6) is -8.39. The number of ketones is 1. The van der Waals surface area contributed by atoms with Crippen molar-refractivity contribution in [2.45, 2.75) is 221 Å². The first-order valence-electron chi connectivity index (χ1n) is 45.5. The molecule has 34 nitrogen and oxygen atoms in total. The van der Waals surface area contributed by atoms with E-state index in [0.717, 1.165) is 68.1 Å². The molecular weight excluding hydrogens is 1820 g/mol. The third-order valence-corrected chi connectivity index (χ3v) is 30.5. The van der Waals surface area contributed by atoms with Gasteiger partial charge in [-0.15, -0.1) is 0 Å². The number of nitrogens with one attached hydrogen (secondary N) is 8. The van der Waals surface area contributed by atoms with Gasteiger partial charge < -0.3 is 102 Å². The zero-order chi connectivity index (χ0) is 97.1. The molecule has 0 saturated carbocycles. The van der Waals surface area contributed by atoms with Crippen molar-refractivity contribution in [3.63, 3.8) is 0 Å². The van der Waals surface area contributed by atoms with Crippen molar-refractivity contribution in [2.24, 2.45) is 17.6 Å². The molecule has 732 valence electrons. The number of anilines is 1. The molecule has 6 aliphatic rings. The minimum absolute atomic E-state index is 0.00416. The summed E-state index contributed by atoms with van der Waals surface area (Å²) in [6, 6.07) is 18.2. The third kappa shape index (κ3) is 30.2. The van der Waals surface area contributed by atoms with Crippen LogP contribution in [0.5, 0.6) is 5.75 Å². The number of likely N-dealkylation sites (N-methyl/N-ethyl adjacent to an activating group) is 1. The Hall–Kier alpha value is -9.13. The normalized spacial score (nSPS) is 26.8. The van der Waals surface area contributed by atoms with Crippen molar-refractivity contribution in [2.75, 3.05) is 109 Å². The molecule has 4 aromatic carbocycles. The Morgan fingerprint density at radius 3 is 2.16 bits per heavy atom. The summed E-state index contributed by atoms with van der Waals surface area (Å²) < 4.78 is 29.8. The van der Waals surface area contributed by atoms with Gasteiger partial charge in [0.1, 0.15) is 70.9 Å². The average molecular weight is 1950 g/mol. The number of alkyl carbamates (subject to hydrolysis) is 1. The van der Waals surface area contributed by atoms with Crippen molar-refractivity contribution in [3.05, 3.63) is 160 Å². The van der Waals surface area contributed by atoms with Crippen LogP contribution in [0.25, 0.3) is 5.57 Å². The van der Waals surface area contributed by atoms with Crippen molar-refractivity contribution in [3.8, 4) is 5.75 Å². The van der Waals surface area contributed by atoms with E-state index in [4.69, 9.17) is 41.0 Å². The van der Waals surface area contributed by atoms with Gasteiger partial charge in [-0.05, 0) is 138 Å². The highest BCUT2D eigenvalue weighted by atomic mass is 35.5. The standard InChI is InChI=1S/C95H130ClN13O21S4/c1-56-23-21-31-78(127-10)95(125)51-77(128-93(124)105-95)57(2)85-94(6,130-85)79(50-82(116)107(8)74-46-63(43-56)47-76(126-9)83(74)96)129-92(123)58(3)106(7)81(115)34-42-132-131-41-22-36-108-37-39-109(40-38-108)52-80(114)98-69(45-62-26-15-12-16-27-62)88(119)102-72-54-133-134-55-73(90(121)101-71(53-110)59(4)111)103-91(122)84(60(5)112)104-87(118)68(30-19-20-35-97)99-89(120)70(48-65-33-32-64-28-17-18-29-67(64)65)100-86(117)66(49-75(72)113)44-61-24-13-11-14-25-61/h11-18,21,23-29,31,33,46-47,57-60,66,68-73,77-79,84-85,110-112,125H,19-20,22,30,32,34-45,48-55,97H2,1-10H3,(H,98,114)(H,99,120)(H,100,117)(H,101,121)(H,102,119)(H,103,122)(H,104,118)(H,105,124)/b31-21+,56-23+/t57-,58+,59-,60-,66-,68+,69-,70-,71-,72+,73+,77+,78-,79+,84+,85+,94+,95+/m1/s1. The van der Waals surface area contributed by atoms with E-state index in [1.807, 2.05) is 48.2 Å². The number of aliphatic hydroxyl groups excluding tert-OH is 3. The number of fused-ring (bicyclic) bond motifs is 6. The second-order valence-electron chi connectivity index (χ2n) is 35.3. The number of aliphatic hydroxyl groups is 4. The Bertz CT molecular complexity index is 4830. The molecule has 4 bridgehead atoms. The molecule has 10 amide bonds. The van der Waals surface area contributed by atoms with Crippen LogP contribution < -0.4 is 57.9 Å². The van der Waals surface area contributed by atoms with E-state index >= 15 is 19.2 Å². The van der Waals surface area contributed by atoms with Gasteiger partial charge in [-0.25, -0.2) is 9.59 Å². The van der Waals surface area contributed by atoms with Crippen LogP contribution in [-0.2, 0) is 97.4 Å². The summed E-state index contributed by atoms with van der Waals surface area (Å²) in [4.78, 5) is 182. The number of ether oxygens (including phenoxy) is 5. The van der Waals surface area contributed by atoms with E-state index in [1.165, 1.54) is 62.6 Å². The number of allylic oxidation sites excluding steroid dienone is 4. The molecule has 39 heteroatoms. The number of piperazine rings is 1. The first-order chi connectivity index (χ1) is 64.0. The van der Waals surface area contributed by atoms with E-state index < -0.39 is 186 Å². The van der Waals surface area contributed by atoms with Crippen molar-refractivity contribution >= 4 is 137 Å². The van der Waals surface area contributed by atoms with Crippen LogP contribution in [0.2, 0.25) is 5.02 Å². The highest BCUT2D eigenvalue weighted by Gasteiger charge is 2.65. The van der Waals surface area contributed by atoms with Gasteiger partial charge in [0.05, 0.1) is 62.8 Å². The first kappa shape index (κ1) is 107. The lowest BCUT2D eigenvalue weighted by Crippen LogP contribution is -2.63. The number of nitrogens with two attached hydrogens (primary N) is 1. The molecule has 4 aromatic rings. The van der Waals surface area contributed by atoms with Gasteiger partial charge in [-0.2, -0.15) is 0 Å². The largest absolute Gasteiger partial charge is 0.495 e. The lowest BCUT2D eigenvalue weighted by atomic mass is 9.83. The van der Waals surface area contributed by atoms with Crippen LogP contribution in [0.3, 0.4) is 0 Å². The molecule has 4 saturated heterocycles. The Balaban J connectivity index is 0.765. The number of halogens is 1. The van der Waals surface area contributed by atoms with Crippen molar-refractivity contribution < 1.29 is 102 Å². The molecule has 0 spiro atoms. The van der Waals surface area contributed by atoms with Gasteiger partial charge in [0, 0.05) is 114 Å². The van der Waals surface area contributed by atoms with E-state index in [1.54, 1.807) is 117 Å². The molecular formula is C95H130ClN13O21S4. The third-order valence-electron chi connectivity index (χ3n) is 25.2. The second kappa shape index (κ2) is 51.3. The molecule has 1 aliphatic carbocycles. The number of methoxy groups -OCH3 is 2. The molecule has 18 atom stereocenters. The van der Waals surface area contributed by atoms with Crippen molar-refractivity contribution in [1.82, 2.24) is 57.2 Å². The van der Waals surface area contributed by atoms with Crippen LogP contribution >= 0.6 is 54.8 Å².